The third-order valence-electron chi connectivity index (χ3n) is 0.628. The van der Waals surface area contributed by atoms with Gasteiger partial charge in [0.15, 0.2) is 0 Å². The second-order valence-electron chi connectivity index (χ2n) is 1.40. The molecule has 0 heterocycles. The van der Waals surface area contributed by atoms with Gasteiger partial charge in [-0.2, -0.15) is 0 Å². The largest absolute Gasteiger partial charge is 0.123 e. The van der Waals surface area contributed by atoms with E-state index < -0.39 is 0 Å². The monoisotopic (exact) mass is 117 g/mol. The smallest absolute Gasteiger partial charge is 0.0371 e. The molecule has 0 aromatic heterocycles. The average molecular weight is 118 g/mol. The molecule has 0 rings (SSSR count). The molecule has 41 valence electrons. The van der Waals surface area contributed by atoms with Crippen molar-refractivity contribution in [2.45, 2.75) is 18.7 Å². The first kappa shape index (κ1) is 7.03. The standard InChI is InChI=1S/C6H10Cl/c1-3-4-5-6(2)7/h3-4,6H,2,5H2,1H3/b4-3+. The number of halogens is 1. The van der Waals surface area contributed by atoms with Crippen LogP contribution >= 0.6 is 11.6 Å². The first-order valence-corrected chi connectivity index (χ1v) is 2.79. The fourth-order valence-electron chi connectivity index (χ4n) is 0.284. The number of hydrogen-bond donors (Lipinski definition) is 0. The molecule has 1 radical (unpaired) electrons. The Morgan fingerprint density at radius 3 is 2.57 bits per heavy atom. The molecule has 0 spiro atoms. The average Bonchev–Trinajstić information content (AvgIpc) is 1.61. The van der Waals surface area contributed by atoms with Gasteiger partial charge >= 0.3 is 0 Å². The molecule has 0 bridgehead atoms. The maximum Gasteiger partial charge on any atom is 0.0371 e. The fraction of sp³-hybridized carbons (Fsp3) is 0.500. The number of rotatable bonds is 2. The van der Waals surface area contributed by atoms with E-state index in [2.05, 4.69) is 6.92 Å². The Kier molecular flexibility index (Phi) is 4.21. The van der Waals surface area contributed by atoms with Crippen molar-refractivity contribution in [2.75, 3.05) is 0 Å². The highest BCUT2D eigenvalue weighted by Crippen LogP contribution is 1.98. The number of hydrogen-bond acceptors (Lipinski definition) is 0. The highest BCUT2D eigenvalue weighted by Gasteiger charge is 1.87. The van der Waals surface area contributed by atoms with Gasteiger partial charge in [0.05, 0.1) is 0 Å². The molecule has 0 aromatic rings. The van der Waals surface area contributed by atoms with Crippen molar-refractivity contribution in [3.8, 4) is 0 Å². The molecule has 0 aliphatic carbocycles. The maximum atomic E-state index is 5.49. The van der Waals surface area contributed by atoms with E-state index in [4.69, 9.17) is 11.6 Å². The SMILES string of the molecule is [CH2]C(Cl)C/C=C/C. The summed E-state index contributed by atoms with van der Waals surface area (Å²) < 4.78 is 0. The molecule has 0 aliphatic rings. The Morgan fingerprint density at radius 2 is 2.43 bits per heavy atom. The highest BCUT2D eigenvalue weighted by atomic mass is 35.5. The Labute approximate surface area is 50.2 Å². The van der Waals surface area contributed by atoms with Crippen molar-refractivity contribution in [3.05, 3.63) is 19.1 Å². The van der Waals surface area contributed by atoms with E-state index in [0.29, 0.717) is 0 Å². The lowest BCUT2D eigenvalue weighted by atomic mass is 10.3. The summed E-state index contributed by atoms with van der Waals surface area (Å²) in [6.07, 6.45) is 4.85. The molecule has 0 aromatic carbocycles. The van der Waals surface area contributed by atoms with E-state index in [-0.39, 0.29) is 5.38 Å². The Bertz CT molecular complexity index is 55.2. The van der Waals surface area contributed by atoms with Crippen LogP contribution in [0.5, 0.6) is 0 Å². The zero-order chi connectivity index (χ0) is 5.70. The third kappa shape index (κ3) is 6.03. The lowest BCUT2D eigenvalue weighted by Crippen LogP contribution is -1.84. The Balaban J connectivity index is 2.97. The summed E-state index contributed by atoms with van der Waals surface area (Å²) in [6, 6.07) is 0. The Hall–Kier alpha value is 0.0300. The molecule has 1 unspecified atom stereocenters. The molecule has 1 heteroatoms. The first-order valence-electron chi connectivity index (χ1n) is 2.35. The predicted molar refractivity (Wildman–Crippen MR) is 34.4 cm³/mol. The number of alkyl halides is 1. The van der Waals surface area contributed by atoms with Crippen molar-refractivity contribution in [3.63, 3.8) is 0 Å². The summed E-state index contributed by atoms with van der Waals surface area (Å²) in [7, 11) is 0. The van der Waals surface area contributed by atoms with E-state index in [1.54, 1.807) is 0 Å². The van der Waals surface area contributed by atoms with Crippen LogP contribution < -0.4 is 0 Å². The minimum atomic E-state index is 0.0381. The maximum absolute atomic E-state index is 5.49. The molecule has 1 atom stereocenters. The van der Waals surface area contributed by atoms with Gasteiger partial charge in [-0.3, -0.25) is 0 Å². The summed E-state index contributed by atoms with van der Waals surface area (Å²) in [4.78, 5) is 0. The van der Waals surface area contributed by atoms with Crippen LogP contribution in [0.15, 0.2) is 12.2 Å². The normalized spacial score (nSPS) is 15.3. The minimum Gasteiger partial charge on any atom is -0.123 e. The van der Waals surface area contributed by atoms with Gasteiger partial charge in [0.25, 0.3) is 0 Å². The Morgan fingerprint density at radius 1 is 1.86 bits per heavy atom. The summed E-state index contributed by atoms with van der Waals surface area (Å²) in [6.45, 7) is 5.56. The van der Waals surface area contributed by atoms with Crippen molar-refractivity contribution in [1.82, 2.24) is 0 Å². The van der Waals surface area contributed by atoms with E-state index in [1.807, 2.05) is 19.1 Å². The summed E-state index contributed by atoms with van der Waals surface area (Å²) in [5, 5.41) is 0.0381. The van der Waals surface area contributed by atoms with Gasteiger partial charge in [0.1, 0.15) is 0 Å². The van der Waals surface area contributed by atoms with Crippen molar-refractivity contribution in [1.29, 1.82) is 0 Å². The van der Waals surface area contributed by atoms with Crippen LogP contribution in [-0.2, 0) is 0 Å². The van der Waals surface area contributed by atoms with Crippen molar-refractivity contribution in [2.24, 2.45) is 0 Å². The summed E-state index contributed by atoms with van der Waals surface area (Å²) in [5.41, 5.74) is 0. The van der Waals surface area contributed by atoms with Crippen LogP contribution in [0.25, 0.3) is 0 Å². The minimum absolute atomic E-state index is 0.0381. The predicted octanol–water partition coefficient (Wildman–Crippen LogP) is 2.39. The van der Waals surface area contributed by atoms with Gasteiger partial charge in [-0.1, -0.05) is 12.2 Å². The van der Waals surface area contributed by atoms with Gasteiger partial charge in [-0.25, -0.2) is 0 Å². The molecular formula is C6H10Cl. The van der Waals surface area contributed by atoms with Gasteiger partial charge in [-0.15, -0.1) is 11.6 Å². The van der Waals surface area contributed by atoms with E-state index in [1.165, 1.54) is 0 Å². The topological polar surface area (TPSA) is 0 Å². The van der Waals surface area contributed by atoms with Crippen LogP contribution in [0.4, 0.5) is 0 Å². The molecule has 0 nitrogen and oxygen atoms in total. The lowest BCUT2D eigenvalue weighted by molar-refractivity contribution is 1.06. The second-order valence-corrected chi connectivity index (χ2v) is 2.02. The van der Waals surface area contributed by atoms with Gasteiger partial charge in [0, 0.05) is 5.38 Å². The zero-order valence-corrected chi connectivity index (χ0v) is 5.28. The fourth-order valence-corrected chi connectivity index (χ4v) is 0.387. The quantitative estimate of drug-likeness (QED) is 0.385. The second kappa shape index (κ2) is 4.20. The molecule has 0 fully saturated rings. The molecule has 7 heavy (non-hydrogen) atoms. The van der Waals surface area contributed by atoms with Gasteiger partial charge < -0.3 is 0 Å². The third-order valence-corrected chi connectivity index (χ3v) is 0.806. The zero-order valence-electron chi connectivity index (χ0n) is 4.52. The van der Waals surface area contributed by atoms with Gasteiger partial charge in [0.2, 0.25) is 0 Å². The lowest BCUT2D eigenvalue weighted by Gasteiger charge is -1.90. The van der Waals surface area contributed by atoms with Crippen LogP contribution in [-0.4, -0.2) is 5.38 Å². The molecule has 0 amide bonds. The van der Waals surface area contributed by atoms with Crippen LogP contribution in [0.1, 0.15) is 13.3 Å². The molecular weight excluding hydrogens is 108 g/mol. The molecule has 0 saturated carbocycles. The summed E-state index contributed by atoms with van der Waals surface area (Å²) >= 11 is 5.49. The first-order chi connectivity index (χ1) is 3.27. The van der Waals surface area contributed by atoms with Gasteiger partial charge in [-0.05, 0) is 20.3 Å². The van der Waals surface area contributed by atoms with Crippen LogP contribution in [0.2, 0.25) is 0 Å². The molecule has 0 N–H and O–H groups in total. The van der Waals surface area contributed by atoms with E-state index in [0.717, 1.165) is 6.42 Å². The van der Waals surface area contributed by atoms with E-state index >= 15 is 0 Å². The van der Waals surface area contributed by atoms with E-state index in [9.17, 15) is 0 Å². The van der Waals surface area contributed by atoms with Crippen LogP contribution in [0.3, 0.4) is 0 Å². The summed E-state index contributed by atoms with van der Waals surface area (Å²) in [5.74, 6) is 0. The number of allylic oxidation sites excluding steroid dienone is 2. The molecule has 0 aliphatic heterocycles. The van der Waals surface area contributed by atoms with Crippen LogP contribution in [0, 0.1) is 6.92 Å². The van der Waals surface area contributed by atoms with Crippen molar-refractivity contribution < 1.29 is 0 Å². The van der Waals surface area contributed by atoms with Crippen molar-refractivity contribution >= 4 is 11.6 Å². The molecule has 0 saturated heterocycles. The highest BCUT2D eigenvalue weighted by molar-refractivity contribution is 6.21.